The summed E-state index contributed by atoms with van der Waals surface area (Å²) in [5.74, 6) is 0.430. The zero-order chi connectivity index (χ0) is 28.4. The number of benzene rings is 3. The fraction of sp³-hybridized carbons (Fsp3) is 0.281. The molecule has 0 spiro atoms. The Hall–Kier alpha value is -3.75. The number of nitrogens with zero attached hydrogens (tertiary/aromatic N) is 3. The minimum Gasteiger partial charge on any atom is -0.349 e. The van der Waals surface area contributed by atoms with Gasteiger partial charge >= 0.3 is 0 Å². The molecule has 1 atom stereocenters. The maximum absolute atomic E-state index is 14.2. The highest BCUT2D eigenvalue weighted by Crippen LogP contribution is 2.32. The number of aromatic nitrogens is 3. The largest absolute Gasteiger partial charge is 0.349 e. The number of aromatic amines is 1. The summed E-state index contributed by atoms with van der Waals surface area (Å²) >= 11 is 3.56. The third kappa shape index (κ3) is 5.46. The molecule has 0 bridgehead atoms. The number of rotatable bonds is 9. The van der Waals surface area contributed by atoms with E-state index in [0.29, 0.717) is 48.5 Å². The lowest BCUT2D eigenvalue weighted by molar-refractivity contribution is 0.0603. The first kappa shape index (κ1) is 27.8. The summed E-state index contributed by atoms with van der Waals surface area (Å²) in [4.78, 5) is 38.6. The molecule has 0 saturated carbocycles. The van der Waals surface area contributed by atoms with Gasteiger partial charge in [0.2, 0.25) is 0 Å². The molecule has 40 heavy (non-hydrogen) atoms. The van der Waals surface area contributed by atoms with E-state index < -0.39 is 6.04 Å². The summed E-state index contributed by atoms with van der Waals surface area (Å²) in [7, 11) is 0. The van der Waals surface area contributed by atoms with Crippen molar-refractivity contribution in [3.05, 3.63) is 110 Å². The van der Waals surface area contributed by atoms with E-state index in [1.807, 2.05) is 84.6 Å². The summed E-state index contributed by atoms with van der Waals surface area (Å²) in [6, 6.07) is 22.9. The number of nitrogens with one attached hydrogen (secondary N) is 1. The van der Waals surface area contributed by atoms with Gasteiger partial charge in [-0.15, -0.1) is 0 Å². The lowest BCUT2D eigenvalue weighted by atomic mass is 9.98. The molecule has 0 aliphatic carbocycles. The number of H-pyrrole nitrogens is 1. The third-order valence-electron chi connectivity index (χ3n) is 7.27. The van der Waals surface area contributed by atoms with Gasteiger partial charge in [-0.2, -0.15) is 0 Å². The van der Waals surface area contributed by atoms with Crippen molar-refractivity contribution in [3.63, 3.8) is 0 Å². The van der Waals surface area contributed by atoms with Crippen LogP contribution in [0.2, 0.25) is 0 Å². The van der Waals surface area contributed by atoms with Crippen molar-refractivity contribution in [2.75, 3.05) is 13.1 Å². The Balaban J connectivity index is 1.76. The summed E-state index contributed by atoms with van der Waals surface area (Å²) in [5.41, 5.74) is 10.3. The van der Waals surface area contributed by atoms with E-state index in [4.69, 9.17) is 10.7 Å². The summed E-state index contributed by atoms with van der Waals surface area (Å²) in [5, 5.41) is 0.857. The molecule has 0 saturated heterocycles. The Morgan fingerprint density at radius 2 is 1.80 bits per heavy atom. The number of nitrogens with two attached hydrogens (primary N) is 1. The van der Waals surface area contributed by atoms with E-state index >= 15 is 0 Å². The van der Waals surface area contributed by atoms with Gasteiger partial charge in [-0.25, -0.2) is 4.98 Å². The average Bonchev–Trinajstić information content (AvgIpc) is 3.31. The van der Waals surface area contributed by atoms with E-state index in [9.17, 15) is 9.59 Å². The highest BCUT2D eigenvalue weighted by atomic mass is 79.9. The number of halogens is 1. The molecule has 3 N–H and O–H groups in total. The number of carbonyl (C=O) groups is 1. The van der Waals surface area contributed by atoms with Crippen molar-refractivity contribution in [2.45, 2.75) is 39.8 Å². The molecular formula is C32H34BrN5O2. The molecule has 2 aromatic heterocycles. The zero-order valence-corrected chi connectivity index (χ0v) is 24.6. The monoisotopic (exact) mass is 599 g/mol. The van der Waals surface area contributed by atoms with Gasteiger partial charge in [0.1, 0.15) is 16.9 Å². The Morgan fingerprint density at radius 3 is 2.48 bits per heavy atom. The molecule has 7 nitrogen and oxygen atoms in total. The second kappa shape index (κ2) is 11.8. The molecule has 5 aromatic rings. The Kier molecular flexibility index (Phi) is 8.19. The predicted octanol–water partition coefficient (Wildman–Crippen LogP) is 6.19. The molecule has 1 amide bonds. The van der Waals surface area contributed by atoms with Crippen molar-refractivity contribution < 1.29 is 4.79 Å². The van der Waals surface area contributed by atoms with Crippen LogP contribution in [0.5, 0.6) is 0 Å². The van der Waals surface area contributed by atoms with Crippen molar-refractivity contribution in [1.82, 2.24) is 19.4 Å². The molecule has 0 radical (unpaired) electrons. The number of hydrogen-bond acceptors (Lipinski definition) is 4. The summed E-state index contributed by atoms with van der Waals surface area (Å²) in [6.45, 7) is 7.37. The molecule has 3 aromatic carbocycles. The van der Waals surface area contributed by atoms with E-state index in [1.54, 1.807) is 4.57 Å². The van der Waals surface area contributed by atoms with Gasteiger partial charge in [-0.3, -0.25) is 14.2 Å². The number of hydrogen-bond donors (Lipinski definition) is 2. The minimum atomic E-state index is -0.460. The number of carbonyl (C=O) groups excluding carboxylic acids is 1. The Labute approximate surface area is 242 Å². The minimum absolute atomic E-state index is 0.0320. The summed E-state index contributed by atoms with van der Waals surface area (Å²) in [6.07, 6.45) is 0.631. The van der Waals surface area contributed by atoms with E-state index in [0.717, 1.165) is 26.5 Å². The number of fused-ring (bicyclic) bond motifs is 3. The number of amides is 1. The standard InChI is InChI=1S/C32H34BrN5O2/c1-20(2)29(37(17-7-16-34)31(39)23-12-10-21(3)11-13-23)30-36-27-25-18-24(33)14-15-26(25)35-28(27)32(40)38(30)19-22-8-5-4-6-9-22/h4-6,8-15,18,20,29,35H,7,16-17,19,34H2,1-3H3. The fourth-order valence-electron chi connectivity index (χ4n) is 5.27. The molecule has 0 aliphatic heterocycles. The molecule has 1 unspecified atom stereocenters. The van der Waals surface area contributed by atoms with Gasteiger partial charge in [0.15, 0.2) is 0 Å². The van der Waals surface area contributed by atoms with Crippen LogP contribution in [0.15, 0.2) is 82.1 Å². The molecule has 0 aliphatic rings. The zero-order valence-electron chi connectivity index (χ0n) is 23.0. The van der Waals surface area contributed by atoms with Crippen LogP contribution in [-0.4, -0.2) is 38.4 Å². The van der Waals surface area contributed by atoms with E-state index in [1.165, 1.54) is 0 Å². The van der Waals surface area contributed by atoms with Crippen LogP contribution in [-0.2, 0) is 6.54 Å². The average molecular weight is 601 g/mol. The molecule has 2 heterocycles. The first-order valence-electron chi connectivity index (χ1n) is 13.6. The van der Waals surface area contributed by atoms with Crippen LogP contribution >= 0.6 is 15.9 Å². The van der Waals surface area contributed by atoms with E-state index in [2.05, 4.69) is 34.8 Å². The van der Waals surface area contributed by atoms with E-state index in [-0.39, 0.29) is 17.4 Å². The SMILES string of the molecule is Cc1ccc(C(=O)N(CCCN)C(c2nc3c([nH]c4ccc(Br)cc43)c(=O)n2Cc2ccccc2)C(C)C)cc1. The molecule has 206 valence electrons. The van der Waals surface area contributed by atoms with Crippen LogP contribution in [0, 0.1) is 12.8 Å². The smallest absolute Gasteiger partial charge is 0.278 e. The van der Waals surface area contributed by atoms with Gasteiger partial charge in [0.05, 0.1) is 12.6 Å². The first-order chi connectivity index (χ1) is 19.3. The maximum atomic E-state index is 14.2. The van der Waals surface area contributed by atoms with Crippen molar-refractivity contribution >= 4 is 43.8 Å². The van der Waals surface area contributed by atoms with Gasteiger partial charge in [-0.1, -0.05) is 77.8 Å². The Bertz CT molecular complexity index is 1710. The van der Waals surface area contributed by atoms with Crippen LogP contribution in [0.3, 0.4) is 0 Å². The van der Waals surface area contributed by atoms with Crippen molar-refractivity contribution in [3.8, 4) is 0 Å². The van der Waals surface area contributed by atoms with Gasteiger partial charge in [0.25, 0.3) is 11.5 Å². The normalized spacial score (nSPS) is 12.3. The highest BCUT2D eigenvalue weighted by Gasteiger charge is 2.33. The van der Waals surface area contributed by atoms with Gasteiger partial charge in [-0.05, 0) is 61.7 Å². The molecular weight excluding hydrogens is 566 g/mol. The van der Waals surface area contributed by atoms with Gasteiger partial charge in [0, 0.05) is 27.5 Å². The first-order valence-corrected chi connectivity index (χ1v) is 14.4. The molecule has 5 rings (SSSR count). The predicted molar refractivity (Wildman–Crippen MR) is 165 cm³/mol. The Morgan fingerprint density at radius 1 is 1.07 bits per heavy atom. The maximum Gasteiger partial charge on any atom is 0.278 e. The van der Waals surface area contributed by atoms with Crippen molar-refractivity contribution in [2.24, 2.45) is 11.7 Å². The fourth-order valence-corrected chi connectivity index (χ4v) is 5.63. The lowest BCUT2D eigenvalue weighted by Crippen LogP contribution is -2.42. The third-order valence-corrected chi connectivity index (χ3v) is 7.77. The van der Waals surface area contributed by atoms with Crippen LogP contribution in [0.1, 0.15) is 53.6 Å². The second-order valence-corrected chi connectivity index (χ2v) is 11.5. The lowest BCUT2D eigenvalue weighted by Gasteiger charge is -2.35. The molecule has 8 heteroatoms. The highest BCUT2D eigenvalue weighted by molar-refractivity contribution is 9.10. The van der Waals surface area contributed by atoms with Crippen LogP contribution in [0.25, 0.3) is 21.9 Å². The van der Waals surface area contributed by atoms with Crippen LogP contribution < -0.4 is 11.3 Å². The van der Waals surface area contributed by atoms with Crippen molar-refractivity contribution in [1.29, 1.82) is 0 Å². The van der Waals surface area contributed by atoms with Crippen LogP contribution in [0.4, 0.5) is 0 Å². The second-order valence-electron chi connectivity index (χ2n) is 10.6. The quantitative estimate of drug-likeness (QED) is 0.211. The number of aryl methyl sites for hydroxylation is 1. The topological polar surface area (TPSA) is 97.0 Å². The molecule has 0 fully saturated rings. The van der Waals surface area contributed by atoms with Gasteiger partial charge < -0.3 is 15.6 Å². The summed E-state index contributed by atoms with van der Waals surface area (Å²) < 4.78 is 2.63.